The van der Waals surface area contributed by atoms with Crippen LogP contribution < -0.4 is 0 Å². The largest absolute Gasteiger partial charge is 0.480 e. The van der Waals surface area contributed by atoms with Gasteiger partial charge in [-0.25, -0.2) is 4.79 Å². The number of rotatable bonds is 3. The quantitative estimate of drug-likeness (QED) is 0.704. The van der Waals surface area contributed by atoms with Crippen molar-refractivity contribution in [2.24, 2.45) is 5.92 Å². The number of carboxylic acid groups (broad SMARTS) is 1. The summed E-state index contributed by atoms with van der Waals surface area (Å²) in [5.74, 6) is -0.342. The first-order chi connectivity index (χ1) is 5.70. The summed E-state index contributed by atoms with van der Waals surface area (Å²) in [5.41, 5.74) is 0. The zero-order valence-corrected chi connectivity index (χ0v) is 7.45. The molecule has 0 aromatic carbocycles. The summed E-state index contributed by atoms with van der Waals surface area (Å²) >= 11 is 0. The maximum atomic E-state index is 10.2. The van der Waals surface area contributed by atoms with Crippen LogP contribution in [0.15, 0.2) is 0 Å². The zero-order chi connectivity index (χ0) is 8.97. The Labute approximate surface area is 72.7 Å². The Bertz CT molecular complexity index is 156. The number of hydrogen-bond donors (Lipinski definition) is 1. The van der Waals surface area contributed by atoms with E-state index in [1.807, 2.05) is 0 Å². The highest BCUT2D eigenvalue weighted by Crippen LogP contribution is 2.25. The minimum Gasteiger partial charge on any atom is -0.480 e. The third kappa shape index (κ3) is 2.81. The summed E-state index contributed by atoms with van der Waals surface area (Å²) in [6.45, 7) is 1.99. The standard InChI is InChI=1S/C9H16O3/c1-7-4-2-3-5-8(7)12-6-9(10)11/h7-8H,2-6H2,1H3,(H,10,11)/t7-,8-/m0/s1. The Hall–Kier alpha value is -0.570. The van der Waals surface area contributed by atoms with Gasteiger partial charge in [0.15, 0.2) is 0 Å². The van der Waals surface area contributed by atoms with E-state index in [-0.39, 0.29) is 12.7 Å². The minimum absolute atomic E-state index is 0.144. The van der Waals surface area contributed by atoms with Crippen LogP contribution >= 0.6 is 0 Å². The molecule has 0 amide bonds. The van der Waals surface area contributed by atoms with E-state index in [4.69, 9.17) is 9.84 Å². The third-order valence-electron chi connectivity index (χ3n) is 2.45. The van der Waals surface area contributed by atoms with E-state index >= 15 is 0 Å². The Kier molecular flexibility index (Phi) is 3.53. The van der Waals surface area contributed by atoms with Crippen LogP contribution in [0.5, 0.6) is 0 Å². The molecule has 0 aromatic rings. The van der Waals surface area contributed by atoms with Crippen LogP contribution in [0.1, 0.15) is 32.6 Å². The van der Waals surface area contributed by atoms with Crippen LogP contribution in [0.2, 0.25) is 0 Å². The lowest BCUT2D eigenvalue weighted by molar-refractivity contribution is -0.146. The molecule has 1 rings (SSSR count). The molecule has 1 saturated carbocycles. The van der Waals surface area contributed by atoms with Crippen LogP contribution in [-0.4, -0.2) is 23.8 Å². The second-order valence-corrected chi connectivity index (χ2v) is 3.50. The third-order valence-corrected chi connectivity index (χ3v) is 2.45. The first-order valence-electron chi connectivity index (χ1n) is 4.53. The van der Waals surface area contributed by atoms with Gasteiger partial charge in [-0.15, -0.1) is 0 Å². The first-order valence-corrected chi connectivity index (χ1v) is 4.53. The summed E-state index contributed by atoms with van der Waals surface area (Å²) in [6.07, 6.45) is 4.80. The van der Waals surface area contributed by atoms with Crippen LogP contribution in [0.25, 0.3) is 0 Å². The van der Waals surface area contributed by atoms with E-state index in [9.17, 15) is 4.79 Å². The van der Waals surface area contributed by atoms with Crippen LogP contribution in [-0.2, 0) is 9.53 Å². The maximum Gasteiger partial charge on any atom is 0.329 e. The molecule has 0 bridgehead atoms. The summed E-state index contributed by atoms with van der Waals surface area (Å²) in [7, 11) is 0. The molecule has 1 aliphatic carbocycles. The highest BCUT2D eigenvalue weighted by atomic mass is 16.5. The van der Waals surface area contributed by atoms with Crippen molar-refractivity contribution in [3.8, 4) is 0 Å². The molecule has 0 radical (unpaired) electrons. The molecule has 0 aliphatic heterocycles. The summed E-state index contributed by atoms with van der Waals surface area (Å²) in [5, 5.41) is 8.41. The summed E-state index contributed by atoms with van der Waals surface area (Å²) in [4.78, 5) is 10.2. The second-order valence-electron chi connectivity index (χ2n) is 3.50. The Morgan fingerprint density at radius 3 is 2.75 bits per heavy atom. The van der Waals surface area contributed by atoms with Gasteiger partial charge in [0.1, 0.15) is 6.61 Å². The number of aliphatic carboxylic acids is 1. The fraction of sp³-hybridized carbons (Fsp3) is 0.889. The van der Waals surface area contributed by atoms with Gasteiger partial charge in [-0.05, 0) is 18.8 Å². The maximum absolute atomic E-state index is 10.2. The van der Waals surface area contributed by atoms with Gasteiger partial charge in [0.2, 0.25) is 0 Å². The van der Waals surface area contributed by atoms with Crippen molar-refractivity contribution >= 4 is 5.97 Å². The molecule has 1 N–H and O–H groups in total. The lowest BCUT2D eigenvalue weighted by Crippen LogP contribution is -2.27. The fourth-order valence-corrected chi connectivity index (χ4v) is 1.71. The van der Waals surface area contributed by atoms with Gasteiger partial charge < -0.3 is 9.84 Å². The van der Waals surface area contributed by atoms with Crippen molar-refractivity contribution in [3.63, 3.8) is 0 Å². The fourth-order valence-electron chi connectivity index (χ4n) is 1.71. The molecule has 70 valence electrons. The van der Waals surface area contributed by atoms with E-state index in [1.54, 1.807) is 0 Å². The predicted molar refractivity (Wildman–Crippen MR) is 45.0 cm³/mol. The van der Waals surface area contributed by atoms with Crippen LogP contribution in [0, 0.1) is 5.92 Å². The molecular formula is C9H16O3. The van der Waals surface area contributed by atoms with Gasteiger partial charge in [0.05, 0.1) is 6.10 Å². The van der Waals surface area contributed by atoms with E-state index in [1.165, 1.54) is 19.3 Å². The molecule has 1 fully saturated rings. The molecule has 0 heterocycles. The van der Waals surface area contributed by atoms with Crippen LogP contribution in [0.4, 0.5) is 0 Å². The predicted octanol–water partition coefficient (Wildman–Crippen LogP) is 1.67. The minimum atomic E-state index is -0.868. The van der Waals surface area contributed by atoms with Gasteiger partial charge in [0.25, 0.3) is 0 Å². The van der Waals surface area contributed by atoms with Crippen molar-refractivity contribution in [3.05, 3.63) is 0 Å². The van der Waals surface area contributed by atoms with Crippen molar-refractivity contribution in [2.75, 3.05) is 6.61 Å². The second kappa shape index (κ2) is 4.45. The zero-order valence-electron chi connectivity index (χ0n) is 7.45. The molecule has 3 heteroatoms. The molecule has 3 nitrogen and oxygen atoms in total. The number of carboxylic acids is 1. The van der Waals surface area contributed by atoms with Crippen molar-refractivity contribution in [2.45, 2.75) is 38.7 Å². The topological polar surface area (TPSA) is 46.5 Å². The molecule has 1 aliphatic rings. The van der Waals surface area contributed by atoms with Gasteiger partial charge >= 0.3 is 5.97 Å². The van der Waals surface area contributed by atoms with Crippen molar-refractivity contribution in [1.29, 1.82) is 0 Å². The van der Waals surface area contributed by atoms with Gasteiger partial charge in [-0.2, -0.15) is 0 Å². The smallest absolute Gasteiger partial charge is 0.329 e. The van der Waals surface area contributed by atoms with Gasteiger partial charge in [0, 0.05) is 0 Å². The Morgan fingerprint density at radius 1 is 1.50 bits per heavy atom. The first kappa shape index (κ1) is 9.52. The average molecular weight is 172 g/mol. The van der Waals surface area contributed by atoms with E-state index in [0.717, 1.165) is 6.42 Å². The molecular weight excluding hydrogens is 156 g/mol. The summed E-state index contributed by atoms with van der Waals surface area (Å²) < 4.78 is 5.26. The van der Waals surface area contributed by atoms with Crippen molar-refractivity contribution < 1.29 is 14.6 Å². The molecule has 2 atom stereocenters. The lowest BCUT2D eigenvalue weighted by atomic mass is 9.88. The summed E-state index contributed by atoms with van der Waals surface area (Å²) in [6, 6.07) is 0. The number of ether oxygens (including phenoxy) is 1. The monoisotopic (exact) mass is 172 g/mol. The molecule has 12 heavy (non-hydrogen) atoms. The average Bonchev–Trinajstić information content (AvgIpc) is 2.03. The van der Waals surface area contributed by atoms with Gasteiger partial charge in [-0.3, -0.25) is 0 Å². The van der Waals surface area contributed by atoms with E-state index in [0.29, 0.717) is 5.92 Å². The van der Waals surface area contributed by atoms with Crippen molar-refractivity contribution in [1.82, 2.24) is 0 Å². The van der Waals surface area contributed by atoms with Gasteiger partial charge in [-0.1, -0.05) is 19.8 Å². The SMILES string of the molecule is C[C@H]1CCCC[C@@H]1OCC(=O)O. The molecule has 0 aromatic heterocycles. The molecule has 0 saturated heterocycles. The molecule has 0 unspecified atom stereocenters. The normalized spacial score (nSPS) is 30.1. The number of hydrogen-bond acceptors (Lipinski definition) is 2. The lowest BCUT2D eigenvalue weighted by Gasteiger charge is -2.27. The Morgan fingerprint density at radius 2 is 2.17 bits per heavy atom. The van der Waals surface area contributed by atoms with E-state index < -0.39 is 5.97 Å². The van der Waals surface area contributed by atoms with Crippen LogP contribution in [0.3, 0.4) is 0 Å². The molecule has 0 spiro atoms. The highest BCUT2D eigenvalue weighted by molar-refractivity contribution is 5.68. The highest BCUT2D eigenvalue weighted by Gasteiger charge is 2.22. The number of carbonyl (C=O) groups is 1. The Balaban J connectivity index is 2.24. The van der Waals surface area contributed by atoms with E-state index in [2.05, 4.69) is 6.92 Å².